The number of phenols is 1. The molecule has 0 saturated heterocycles. The van der Waals surface area contributed by atoms with Gasteiger partial charge in [0.05, 0.1) is 17.2 Å². The first-order valence-corrected chi connectivity index (χ1v) is 13.8. The standard InChI is InChI=1S/C25H21ClF3N3S.C7H8O/c1-16-3-9-21(14-22(16)25(27,28)29)32-24(31-12-11-18-4-7-20(26)8-5-18)33-23-10-6-19(15-30)13-17(23)2;1-6-3-2-4-7(8)5-6/h3-10,13-14H,11-12H2,1-2H3,(H,31,32);2-5,8H,1H3. The number of aryl methyl sites for hydroxylation is 3. The van der Waals surface area contributed by atoms with Crippen molar-refractivity contribution in [3.05, 3.63) is 123 Å². The summed E-state index contributed by atoms with van der Waals surface area (Å²) in [6, 6.07) is 26.1. The van der Waals surface area contributed by atoms with Crippen LogP contribution in [0.4, 0.5) is 18.9 Å². The molecule has 2 N–H and O–H groups in total. The number of halogens is 4. The van der Waals surface area contributed by atoms with Crippen LogP contribution < -0.4 is 5.32 Å². The average molecular weight is 596 g/mol. The number of alkyl halides is 3. The molecule has 0 atom stereocenters. The molecule has 4 nitrogen and oxygen atoms in total. The van der Waals surface area contributed by atoms with Crippen LogP contribution >= 0.6 is 23.4 Å². The first kappa shape index (κ1) is 31.6. The van der Waals surface area contributed by atoms with Crippen molar-refractivity contribution >= 4 is 34.2 Å². The van der Waals surface area contributed by atoms with Gasteiger partial charge in [-0.3, -0.25) is 4.99 Å². The van der Waals surface area contributed by atoms with Crippen molar-refractivity contribution in [2.45, 2.75) is 38.3 Å². The Balaban J connectivity index is 0.000000496. The minimum Gasteiger partial charge on any atom is -0.508 e. The Kier molecular flexibility index (Phi) is 11.3. The van der Waals surface area contributed by atoms with E-state index in [4.69, 9.17) is 22.0 Å². The molecule has 4 aromatic rings. The smallest absolute Gasteiger partial charge is 0.416 e. The van der Waals surface area contributed by atoms with E-state index in [2.05, 4.69) is 16.4 Å². The van der Waals surface area contributed by atoms with Crippen LogP contribution in [0.2, 0.25) is 5.02 Å². The fourth-order valence-corrected chi connectivity index (χ4v) is 4.74. The molecule has 0 saturated carbocycles. The van der Waals surface area contributed by atoms with Crippen molar-refractivity contribution in [1.29, 1.82) is 5.26 Å². The fraction of sp³-hybridized carbons (Fsp3) is 0.188. The number of hydrogen-bond donors (Lipinski definition) is 2. The minimum atomic E-state index is -4.44. The number of nitrogens with one attached hydrogen (secondary N) is 1. The molecular weight excluding hydrogens is 567 g/mol. The van der Waals surface area contributed by atoms with Gasteiger partial charge in [0.1, 0.15) is 5.75 Å². The number of nitrogens with zero attached hydrogens (tertiary/aromatic N) is 2. The number of hydrogen-bond acceptors (Lipinski definition) is 4. The van der Waals surface area contributed by atoms with E-state index in [1.807, 2.05) is 44.2 Å². The van der Waals surface area contributed by atoms with Crippen molar-refractivity contribution in [1.82, 2.24) is 0 Å². The van der Waals surface area contributed by atoms with Crippen LogP contribution in [0, 0.1) is 32.1 Å². The monoisotopic (exact) mass is 595 g/mol. The molecule has 0 amide bonds. The summed E-state index contributed by atoms with van der Waals surface area (Å²) in [5.74, 6) is 0.338. The summed E-state index contributed by atoms with van der Waals surface area (Å²) in [7, 11) is 0. The third kappa shape index (κ3) is 10.2. The van der Waals surface area contributed by atoms with Crippen molar-refractivity contribution in [3.8, 4) is 11.8 Å². The summed E-state index contributed by atoms with van der Waals surface area (Å²) in [4.78, 5) is 5.48. The Bertz CT molecular complexity index is 1530. The van der Waals surface area contributed by atoms with E-state index in [9.17, 15) is 13.2 Å². The zero-order chi connectivity index (χ0) is 30.0. The summed E-state index contributed by atoms with van der Waals surface area (Å²) < 4.78 is 40.1. The summed E-state index contributed by atoms with van der Waals surface area (Å²) in [5, 5.41) is 22.1. The lowest BCUT2D eigenvalue weighted by Gasteiger charge is -2.15. The van der Waals surface area contributed by atoms with E-state index in [1.54, 1.807) is 42.5 Å². The summed E-state index contributed by atoms with van der Waals surface area (Å²) in [6.45, 7) is 5.69. The SMILES string of the molecule is Cc1cc(C#N)ccc1SC(=NCCc1ccc(Cl)cc1)Nc1ccc(C)c(C(F)(F)F)c1.Cc1cccc(O)c1. The maximum atomic E-state index is 13.4. The first-order valence-electron chi connectivity index (χ1n) is 12.6. The van der Waals surface area contributed by atoms with Crippen LogP contribution in [0.1, 0.15) is 33.4 Å². The number of anilines is 1. The Morgan fingerprint density at radius 2 is 1.68 bits per heavy atom. The van der Waals surface area contributed by atoms with Crippen LogP contribution in [0.25, 0.3) is 0 Å². The highest BCUT2D eigenvalue weighted by Crippen LogP contribution is 2.34. The lowest BCUT2D eigenvalue weighted by Crippen LogP contribution is -2.12. The molecule has 0 aromatic heterocycles. The topological polar surface area (TPSA) is 68.4 Å². The van der Waals surface area contributed by atoms with E-state index >= 15 is 0 Å². The quantitative estimate of drug-likeness (QED) is 0.137. The number of nitriles is 1. The lowest BCUT2D eigenvalue weighted by molar-refractivity contribution is -0.138. The second-order valence-electron chi connectivity index (χ2n) is 9.25. The van der Waals surface area contributed by atoms with E-state index in [1.165, 1.54) is 24.8 Å². The number of aliphatic imine (C=N–C) groups is 1. The predicted molar refractivity (Wildman–Crippen MR) is 162 cm³/mol. The molecule has 0 unspecified atom stereocenters. The number of benzene rings is 4. The van der Waals surface area contributed by atoms with Crippen molar-refractivity contribution in [3.63, 3.8) is 0 Å². The van der Waals surface area contributed by atoms with Gasteiger partial charge in [-0.05, 0) is 104 Å². The highest BCUT2D eigenvalue weighted by molar-refractivity contribution is 8.14. The van der Waals surface area contributed by atoms with Gasteiger partial charge in [0.25, 0.3) is 0 Å². The van der Waals surface area contributed by atoms with Gasteiger partial charge in [-0.25, -0.2) is 0 Å². The van der Waals surface area contributed by atoms with Gasteiger partial charge >= 0.3 is 6.18 Å². The number of aromatic hydroxyl groups is 1. The molecular formula is C32H29ClF3N3OS. The molecule has 0 aliphatic rings. The minimum absolute atomic E-state index is 0.157. The van der Waals surface area contributed by atoms with Gasteiger partial charge in [0.2, 0.25) is 0 Å². The summed E-state index contributed by atoms with van der Waals surface area (Å²) in [5.41, 5.74) is 3.33. The number of thioether (sulfide) groups is 1. The van der Waals surface area contributed by atoms with E-state index in [0.717, 1.165) is 27.7 Å². The molecule has 0 spiro atoms. The van der Waals surface area contributed by atoms with E-state index < -0.39 is 11.7 Å². The molecule has 0 bridgehead atoms. The second-order valence-corrected chi connectivity index (χ2v) is 10.7. The third-order valence-electron chi connectivity index (χ3n) is 5.88. The molecule has 0 aliphatic carbocycles. The van der Waals surface area contributed by atoms with Gasteiger partial charge < -0.3 is 10.4 Å². The number of amidine groups is 1. The highest BCUT2D eigenvalue weighted by Gasteiger charge is 2.32. The van der Waals surface area contributed by atoms with Crippen molar-refractivity contribution in [2.75, 3.05) is 11.9 Å². The molecule has 0 heterocycles. The Morgan fingerprint density at radius 3 is 2.27 bits per heavy atom. The predicted octanol–water partition coefficient (Wildman–Crippen LogP) is 9.35. The molecule has 9 heteroatoms. The maximum absolute atomic E-state index is 13.4. The van der Waals surface area contributed by atoms with Crippen molar-refractivity contribution < 1.29 is 18.3 Å². The molecule has 0 fully saturated rings. The fourth-order valence-electron chi connectivity index (χ4n) is 3.73. The zero-order valence-corrected chi connectivity index (χ0v) is 24.3. The molecule has 0 aliphatic heterocycles. The molecule has 4 rings (SSSR count). The van der Waals surface area contributed by atoms with Crippen LogP contribution in [-0.2, 0) is 12.6 Å². The van der Waals surface area contributed by atoms with E-state index in [0.29, 0.717) is 40.2 Å². The van der Waals surface area contributed by atoms with Crippen LogP contribution in [0.5, 0.6) is 5.75 Å². The van der Waals surface area contributed by atoms with Crippen LogP contribution in [-0.4, -0.2) is 16.8 Å². The third-order valence-corrected chi connectivity index (χ3v) is 7.23. The summed E-state index contributed by atoms with van der Waals surface area (Å²) >= 11 is 7.24. The van der Waals surface area contributed by atoms with E-state index in [-0.39, 0.29) is 5.56 Å². The van der Waals surface area contributed by atoms with Gasteiger partial charge in [0.15, 0.2) is 5.17 Å². The Morgan fingerprint density at radius 1 is 0.951 bits per heavy atom. The van der Waals surface area contributed by atoms with Gasteiger partial charge in [-0.15, -0.1) is 0 Å². The Labute approximate surface area is 247 Å². The van der Waals surface area contributed by atoms with Crippen LogP contribution in [0.3, 0.4) is 0 Å². The van der Waals surface area contributed by atoms with Crippen LogP contribution in [0.15, 0.2) is 94.8 Å². The average Bonchev–Trinajstić information content (AvgIpc) is 2.91. The molecule has 0 radical (unpaired) electrons. The van der Waals surface area contributed by atoms with Crippen molar-refractivity contribution in [2.24, 2.45) is 4.99 Å². The number of phenolic OH excluding ortho intramolecular Hbond substituents is 1. The van der Waals surface area contributed by atoms with Gasteiger partial charge in [-0.2, -0.15) is 18.4 Å². The zero-order valence-electron chi connectivity index (χ0n) is 22.8. The summed E-state index contributed by atoms with van der Waals surface area (Å²) in [6.07, 6.45) is -3.79. The molecule has 212 valence electrons. The van der Waals surface area contributed by atoms with Gasteiger partial charge in [-0.1, -0.05) is 53.7 Å². The van der Waals surface area contributed by atoms with Gasteiger partial charge in [0, 0.05) is 22.2 Å². The number of rotatable bonds is 5. The normalized spacial score (nSPS) is 11.3. The lowest BCUT2D eigenvalue weighted by atomic mass is 10.1. The second kappa shape index (κ2) is 14.6. The maximum Gasteiger partial charge on any atom is 0.416 e. The first-order chi connectivity index (χ1) is 19.4. The largest absolute Gasteiger partial charge is 0.508 e. The highest BCUT2D eigenvalue weighted by atomic mass is 35.5. The Hall–Kier alpha value is -3.93. The molecule has 41 heavy (non-hydrogen) atoms. The molecule has 4 aromatic carbocycles.